The van der Waals surface area contributed by atoms with Gasteiger partial charge in [0.1, 0.15) is 0 Å². The van der Waals surface area contributed by atoms with E-state index in [1.54, 1.807) is 6.92 Å². The Labute approximate surface area is 124 Å². The van der Waals surface area contributed by atoms with Crippen LogP contribution in [0.15, 0.2) is 23.8 Å². The van der Waals surface area contributed by atoms with E-state index in [1.165, 1.54) is 11.1 Å². The molecule has 1 aliphatic rings. The molecule has 0 radical (unpaired) electrons. The molecule has 1 aromatic carbocycles. The van der Waals surface area contributed by atoms with Crippen molar-refractivity contribution < 1.29 is 21.8 Å². The Balaban J connectivity index is 0.000000492. The minimum absolute atomic E-state index is 0.318. The van der Waals surface area contributed by atoms with E-state index < -0.39 is 22.9 Å². The average molecular weight is 319 g/mol. The van der Waals surface area contributed by atoms with E-state index in [0.29, 0.717) is 0 Å². The Morgan fingerprint density at radius 2 is 2.06 bits per heavy atom. The van der Waals surface area contributed by atoms with Crippen LogP contribution >= 0.6 is 18.6 Å². The summed E-state index contributed by atoms with van der Waals surface area (Å²) in [6.07, 6.45) is 3.10. The second-order valence-electron chi connectivity index (χ2n) is 4.24. The molecule has 96 valence electrons. The molecular weight excluding hydrogens is 305 g/mol. The number of rotatable bonds is 2. The number of amides is 1. The molecule has 0 spiro atoms. The SMILES string of the molecule is CC1=Cc2c(cccc2C(C)C([NH-])=O)C1.[Cl][Ti][Cl]. The standard InChI is InChI=1S/C13H15NO.2ClH.Ti/c1-8-6-10-4-3-5-11(12(10)7-8)9(2)13(14)15;;;/h3-5,7,9H,6H2,1-2H3,(H2,14,15);2*1H;/q;;;+2/p-3. The van der Waals surface area contributed by atoms with Gasteiger partial charge in [-0.15, -0.1) is 0 Å². The number of fused-ring (bicyclic) bond motifs is 1. The fourth-order valence-electron chi connectivity index (χ4n) is 2.08. The van der Waals surface area contributed by atoms with Gasteiger partial charge in [-0.25, -0.2) is 0 Å². The summed E-state index contributed by atoms with van der Waals surface area (Å²) < 4.78 is 0. The number of hydrogen-bond donors (Lipinski definition) is 0. The number of nitrogens with one attached hydrogen (secondary N) is 1. The molecule has 0 fully saturated rings. The summed E-state index contributed by atoms with van der Waals surface area (Å²) in [5, 5.41) is 0. The number of halogens is 2. The molecule has 2 nitrogen and oxygen atoms in total. The van der Waals surface area contributed by atoms with Crippen LogP contribution in [0.2, 0.25) is 0 Å². The molecule has 18 heavy (non-hydrogen) atoms. The van der Waals surface area contributed by atoms with E-state index in [0.717, 1.165) is 17.5 Å². The van der Waals surface area contributed by atoms with Gasteiger partial charge in [-0.3, -0.25) is 0 Å². The van der Waals surface area contributed by atoms with Gasteiger partial charge in [0.15, 0.2) is 0 Å². The third-order valence-electron chi connectivity index (χ3n) is 2.95. The Hall–Kier alpha value is -0.276. The van der Waals surface area contributed by atoms with E-state index in [1.807, 2.05) is 12.1 Å². The predicted octanol–water partition coefficient (Wildman–Crippen LogP) is 4.70. The fraction of sp³-hybridized carbons (Fsp3) is 0.308. The van der Waals surface area contributed by atoms with Gasteiger partial charge in [0, 0.05) is 5.92 Å². The summed E-state index contributed by atoms with van der Waals surface area (Å²) in [5.41, 5.74) is 11.9. The summed E-state index contributed by atoms with van der Waals surface area (Å²) in [6, 6.07) is 6.01. The molecule has 1 aliphatic carbocycles. The summed E-state index contributed by atoms with van der Waals surface area (Å²) in [7, 11) is 9.78. The van der Waals surface area contributed by atoms with E-state index >= 15 is 0 Å². The van der Waals surface area contributed by atoms with Crippen LogP contribution in [0.25, 0.3) is 11.8 Å². The van der Waals surface area contributed by atoms with Crippen molar-refractivity contribution in [2.75, 3.05) is 0 Å². The number of hydrogen-bond acceptors (Lipinski definition) is 1. The zero-order valence-electron chi connectivity index (χ0n) is 10.3. The summed E-state index contributed by atoms with van der Waals surface area (Å²) >= 11 is -0.556. The molecule has 0 saturated heterocycles. The first-order valence-corrected chi connectivity index (χ1v) is 9.81. The summed E-state index contributed by atoms with van der Waals surface area (Å²) in [5.74, 6) is -0.830. The van der Waals surface area contributed by atoms with Crippen LogP contribution in [0, 0.1) is 0 Å². The molecular formula is C13H14Cl2NOTi-. The van der Waals surface area contributed by atoms with E-state index in [2.05, 4.69) is 19.1 Å². The van der Waals surface area contributed by atoms with Crippen molar-refractivity contribution in [1.82, 2.24) is 0 Å². The molecule has 2 rings (SSSR count). The molecule has 1 amide bonds. The molecule has 0 heterocycles. The first-order valence-electron chi connectivity index (χ1n) is 5.52. The molecule has 0 aromatic heterocycles. The zero-order valence-corrected chi connectivity index (χ0v) is 13.3. The van der Waals surface area contributed by atoms with Crippen molar-refractivity contribution in [3.63, 3.8) is 0 Å². The van der Waals surface area contributed by atoms with Gasteiger partial charge < -0.3 is 10.5 Å². The zero-order chi connectivity index (χ0) is 13.7. The van der Waals surface area contributed by atoms with Gasteiger partial charge in [-0.1, -0.05) is 36.8 Å². The maximum absolute atomic E-state index is 11.1. The summed E-state index contributed by atoms with van der Waals surface area (Å²) in [4.78, 5) is 11.1. The number of benzene rings is 1. The Morgan fingerprint density at radius 1 is 1.44 bits per heavy atom. The van der Waals surface area contributed by atoms with Gasteiger partial charge in [-0.05, 0) is 30.0 Å². The third-order valence-corrected chi connectivity index (χ3v) is 2.95. The maximum atomic E-state index is 11.1. The number of carbonyl (C=O) groups is 1. The van der Waals surface area contributed by atoms with Crippen LogP contribution in [0.5, 0.6) is 0 Å². The van der Waals surface area contributed by atoms with Crippen LogP contribution in [0.4, 0.5) is 0 Å². The van der Waals surface area contributed by atoms with Crippen molar-refractivity contribution in [3.05, 3.63) is 46.2 Å². The predicted molar refractivity (Wildman–Crippen MR) is 73.2 cm³/mol. The first kappa shape index (κ1) is 15.8. The van der Waals surface area contributed by atoms with Crippen molar-refractivity contribution in [2.45, 2.75) is 26.2 Å². The Bertz CT molecular complexity index is 474. The Kier molecular flexibility index (Phi) is 6.44. The van der Waals surface area contributed by atoms with Gasteiger partial charge >= 0.3 is 35.6 Å². The fourth-order valence-corrected chi connectivity index (χ4v) is 2.08. The molecule has 5 heteroatoms. The van der Waals surface area contributed by atoms with Crippen molar-refractivity contribution >= 4 is 30.6 Å². The van der Waals surface area contributed by atoms with Crippen molar-refractivity contribution in [1.29, 1.82) is 0 Å². The van der Waals surface area contributed by atoms with Gasteiger partial charge in [0.25, 0.3) is 0 Å². The second kappa shape index (κ2) is 7.35. The van der Waals surface area contributed by atoms with Crippen molar-refractivity contribution in [3.8, 4) is 0 Å². The quantitative estimate of drug-likeness (QED) is 0.728. The third kappa shape index (κ3) is 3.86. The minimum atomic E-state index is -0.556. The normalized spacial score (nSPS) is 13.9. The van der Waals surface area contributed by atoms with Crippen LogP contribution in [0.1, 0.15) is 36.5 Å². The molecule has 0 aliphatic heterocycles. The molecule has 1 unspecified atom stereocenters. The number of carbonyl (C=O) groups excluding carboxylic acids is 1. The molecule has 0 bridgehead atoms. The average Bonchev–Trinajstić information content (AvgIpc) is 2.68. The van der Waals surface area contributed by atoms with Gasteiger partial charge in [0.2, 0.25) is 0 Å². The second-order valence-corrected chi connectivity index (χ2v) is 6.82. The van der Waals surface area contributed by atoms with Crippen molar-refractivity contribution in [2.24, 2.45) is 0 Å². The topological polar surface area (TPSA) is 40.9 Å². The van der Waals surface area contributed by atoms with Crippen LogP contribution in [-0.4, -0.2) is 5.91 Å². The molecule has 1 aromatic rings. The molecule has 0 saturated carbocycles. The number of allylic oxidation sites excluding steroid dienone is 1. The van der Waals surface area contributed by atoms with Crippen LogP contribution < -0.4 is 0 Å². The van der Waals surface area contributed by atoms with Crippen LogP contribution in [-0.2, 0) is 28.2 Å². The molecule has 1 N–H and O–H groups in total. The van der Waals surface area contributed by atoms with Crippen LogP contribution in [0.3, 0.4) is 0 Å². The molecule has 1 atom stereocenters. The summed E-state index contributed by atoms with van der Waals surface area (Å²) in [6.45, 7) is 3.89. The van der Waals surface area contributed by atoms with E-state index in [-0.39, 0.29) is 5.92 Å². The van der Waals surface area contributed by atoms with Gasteiger partial charge in [0.05, 0.1) is 5.91 Å². The van der Waals surface area contributed by atoms with E-state index in [4.69, 9.17) is 24.3 Å². The van der Waals surface area contributed by atoms with E-state index in [9.17, 15) is 4.79 Å². The first-order chi connectivity index (χ1) is 8.51. The van der Waals surface area contributed by atoms with Gasteiger partial charge in [-0.2, -0.15) is 0 Å². The monoisotopic (exact) mass is 318 g/mol. The Morgan fingerprint density at radius 3 is 2.61 bits per heavy atom.